The van der Waals surface area contributed by atoms with Crippen LogP contribution in [0.2, 0.25) is 0 Å². The Kier molecular flexibility index (Phi) is 3.97. The van der Waals surface area contributed by atoms with Gasteiger partial charge >= 0.3 is 0 Å². The Morgan fingerprint density at radius 1 is 1.05 bits per heavy atom. The van der Waals surface area contributed by atoms with Crippen LogP contribution in [-0.4, -0.2) is 10.3 Å². The average Bonchev–Trinajstić information content (AvgIpc) is 2.96. The normalized spacial score (nSPS) is 10.7. The SMILES string of the molecule is Cc1ccc(-c2cc(CSc3ccc(O)cc3)on2)cc1. The van der Waals surface area contributed by atoms with Crippen LogP contribution in [0, 0.1) is 6.92 Å². The van der Waals surface area contributed by atoms with Crippen LogP contribution in [0.1, 0.15) is 11.3 Å². The standard InChI is InChI=1S/C17H15NO2S/c1-12-2-4-13(5-3-12)17-10-15(20-18-17)11-21-16-8-6-14(19)7-9-16/h2-10,19H,11H2,1H3. The number of phenols is 1. The lowest BCUT2D eigenvalue weighted by Crippen LogP contribution is -1.77. The number of thioether (sulfide) groups is 1. The largest absolute Gasteiger partial charge is 0.508 e. The first-order valence-electron chi connectivity index (χ1n) is 6.65. The zero-order chi connectivity index (χ0) is 14.7. The molecule has 0 amide bonds. The molecule has 3 nitrogen and oxygen atoms in total. The van der Waals surface area contributed by atoms with Crippen LogP contribution in [-0.2, 0) is 5.75 Å². The van der Waals surface area contributed by atoms with Crippen molar-refractivity contribution >= 4 is 11.8 Å². The van der Waals surface area contributed by atoms with Gasteiger partial charge in [0.1, 0.15) is 17.2 Å². The summed E-state index contributed by atoms with van der Waals surface area (Å²) >= 11 is 1.65. The van der Waals surface area contributed by atoms with Crippen LogP contribution in [0.5, 0.6) is 5.75 Å². The third kappa shape index (κ3) is 3.47. The summed E-state index contributed by atoms with van der Waals surface area (Å²) in [5.41, 5.74) is 3.15. The van der Waals surface area contributed by atoms with Gasteiger partial charge in [0.2, 0.25) is 0 Å². The second kappa shape index (κ2) is 6.06. The van der Waals surface area contributed by atoms with Crippen LogP contribution in [0.15, 0.2) is 64.0 Å². The monoisotopic (exact) mass is 297 g/mol. The molecule has 0 aliphatic rings. The summed E-state index contributed by atoms with van der Waals surface area (Å²) in [5.74, 6) is 1.83. The van der Waals surface area contributed by atoms with Crippen molar-refractivity contribution in [1.82, 2.24) is 5.16 Å². The lowest BCUT2D eigenvalue weighted by atomic mass is 10.1. The average molecular weight is 297 g/mol. The lowest BCUT2D eigenvalue weighted by molar-refractivity contribution is 0.397. The highest BCUT2D eigenvalue weighted by Gasteiger charge is 2.07. The van der Waals surface area contributed by atoms with Crippen molar-refractivity contribution in [1.29, 1.82) is 0 Å². The molecule has 0 atom stereocenters. The van der Waals surface area contributed by atoms with Gasteiger partial charge in [0.15, 0.2) is 0 Å². The first-order valence-corrected chi connectivity index (χ1v) is 7.64. The third-order valence-electron chi connectivity index (χ3n) is 3.12. The van der Waals surface area contributed by atoms with E-state index in [0.29, 0.717) is 5.75 Å². The first-order chi connectivity index (χ1) is 10.2. The molecule has 0 aliphatic carbocycles. The van der Waals surface area contributed by atoms with Crippen molar-refractivity contribution in [2.24, 2.45) is 0 Å². The van der Waals surface area contributed by atoms with Crippen LogP contribution >= 0.6 is 11.8 Å². The third-order valence-corrected chi connectivity index (χ3v) is 4.16. The van der Waals surface area contributed by atoms with Gasteiger partial charge < -0.3 is 9.63 Å². The Morgan fingerprint density at radius 3 is 2.48 bits per heavy atom. The minimum atomic E-state index is 0.278. The van der Waals surface area contributed by atoms with E-state index in [1.807, 2.05) is 30.3 Å². The number of phenolic OH excluding ortho intramolecular Hbond substituents is 1. The Bertz CT molecular complexity index is 717. The fraction of sp³-hybridized carbons (Fsp3) is 0.118. The van der Waals surface area contributed by atoms with Crippen molar-refractivity contribution in [3.8, 4) is 17.0 Å². The maximum Gasteiger partial charge on any atom is 0.147 e. The summed E-state index contributed by atoms with van der Waals surface area (Å²) in [4.78, 5) is 1.08. The van der Waals surface area contributed by atoms with Gasteiger partial charge in [-0.15, -0.1) is 11.8 Å². The lowest BCUT2D eigenvalue weighted by Gasteiger charge is -1.98. The number of rotatable bonds is 4. The molecule has 106 valence electrons. The van der Waals surface area contributed by atoms with Crippen LogP contribution in [0.3, 0.4) is 0 Å². The van der Waals surface area contributed by atoms with E-state index < -0.39 is 0 Å². The van der Waals surface area contributed by atoms with E-state index in [1.165, 1.54) is 5.56 Å². The number of aryl methyl sites for hydroxylation is 1. The van der Waals surface area contributed by atoms with Gasteiger partial charge in [0.05, 0.1) is 5.75 Å². The summed E-state index contributed by atoms with van der Waals surface area (Å²) in [6.45, 7) is 2.06. The summed E-state index contributed by atoms with van der Waals surface area (Å²) in [7, 11) is 0. The zero-order valence-electron chi connectivity index (χ0n) is 11.6. The van der Waals surface area contributed by atoms with E-state index in [2.05, 4.69) is 24.2 Å². The second-order valence-corrected chi connectivity index (χ2v) is 5.88. The molecule has 3 rings (SSSR count). The quantitative estimate of drug-likeness (QED) is 0.712. The van der Waals surface area contributed by atoms with Crippen LogP contribution in [0.25, 0.3) is 11.3 Å². The molecule has 0 radical (unpaired) electrons. The minimum Gasteiger partial charge on any atom is -0.508 e. The minimum absolute atomic E-state index is 0.278. The Morgan fingerprint density at radius 2 is 1.76 bits per heavy atom. The Labute approximate surface area is 127 Å². The molecule has 2 aromatic carbocycles. The van der Waals surface area contributed by atoms with Gasteiger partial charge in [-0.3, -0.25) is 0 Å². The highest BCUT2D eigenvalue weighted by atomic mass is 32.2. The fourth-order valence-electron chi connectivity index (χ4n) is 1.94. The maximum atomic E-state index is 9.25. The van der Waals surface area contributed by atoms with Gasteiger partial charge in [-0.1, -0.05) is 35.0 Å². The molecule has 1 heterocycles. The molecule has 1 N–H and O–H groups in total. The molecule has 21 heavy (non-hydrogen) atoms. The van der Waals surface area contributed by atoms with Gasteiger partial charge in [0, 0.05) is 16.5 Å². The zero-order valence-corrected chi connectivity index (χ0v) is 12.4. The molecule has 0 saturated heterocycles. The molecule has 0 spiro atoms. The molecule has 1 aromatic heterocycles. The van der Waals surface area contributed by atoms with Crippen LogP contribution < -0.4 is 0 Å². The molecular formula is C17H15NO2S. The number of aromatic hydroxyl groups is 1. The van der Waals surface area contributed by atoms with Gasteiger partial charge in [-0.2, -0.15) is 0 Å². The molecule has 4 heteroatoms. The van der Waals surface area contributed by atoms with Gasteiger partial charge in [-0.25, -0.2) is 0 Å². The second-order valence-electron chi connectivity index (χ2n) is 4.83. The van der Waals surface area contributed by atoms with Gasteiger partial charge in [-0.05, 0) is 31.2 Å². The number of aromatic nitrogens is 1. The fourth-order valence-corrected chi connectivity index (χ4v) is 2.71. The Hall–Kier alpha value is -2.20. The predicted octanol–water partition coefficient (Wildman–Crippen LogP) is 4.65. The van der Waals surface area contributed by atoms with Crippen molar-refractivity contribution in [2.45, 2.75) is 17.6 Å². The van der Waals surface area contributed by atoms with Crippen molar-refractivity contribution in [3.05, 3.63) is 65.9 Å². The summed E-state index contributed by atoms with van der Waals surface area (Å²) in [6, 6.07) is 17.3. The first kappa shape index (κ1) is 13.8. The van der Waals surface area contributed by atoms with E-state index in [9.17, 15) is 5.11 Å². The molecule has 0 bridgehead atoms. The summed E-state index contributed by atoms with van der Waals surface area (Å²) < 4.78 is 5.37. The number of benzene rings is 2. The van der Waals surface area contributed by atoms with E-state index in [4.69, 9.17) is 4.52 Å². The molecule has 3 aromatic rings. The maximum absolute atomic E-state index is 9.25. The summed E-state index contributed by atoms with van der Waals surface area (Å²) in [6.07, 6.45) is 0. The molecule has 0 unspecified atom stereocenters. The highest BCUT2D eigenvalue weighted by Crippen LogP contribution is 2.27. The van der Waals surface area contributed by atoms with E-state index in [0.717, 1.165) is 21.9 Å². The summed E-state index contributed by atoms with van der Waals surface area (Å²) in [5, 5.41) is 13.4. The van der Waals surface area contributed by atoms with Crippen molar-refractivity contribution in [2.75, 3.05) is 0 Å². The van der Waals surface area contributed by atoms with Crippen molar-refractivity contribution < 1.29 is 9.63 Å². The van der Waals surface area contributed by atoms with E-state index in [-0.39, 0.29) is 5.75 Å². The predicted molar refractivity (Wildman–Crippen MR) is 84.3 cm³/mol. The molecule has 0 fully saturated rings. The highest BCUT2D eigenvalue weighted by molar-refractivity contribution is 7.98. The van der Waals surface area contributed by atoms with E-state index >= 15 is 0 Å². The smallest absolute Gasteiger partial charge is 0.147 e. The molecular weight excluding hydrogens is 282 g/mol. The number of hydrogen-bond acceptors (Lipinski definition) is 4. The van der Waals surface area contributed by atoms with E-state index in [1.54, 1.807) is 23.9 Å². The Balaban J connectivity index is 1.67. The number of hydrogen-bond donors (Lipinski definition) is 1. The topological polar surface area (TPSA) is 46.3 Å². The van der Waals surface area contributed by atoms with Crippen molar-refractivity contribution in [3.63, 3.8) is 0 Å². The van der Waals surface area contributed by atoms with Gasteiger partial charge in [0.25, 0.3) is 0 Å². The molecule has 0 aliphatic heterocycles. The number of nitrogens with zero attached hydrogens (tertiary/aromatic N) is 1. The molecule has 0 saturated carbocycles. The van der Waals surface area contributed by atoms with Crippen LogP contribution in [0.4, 0.5) is 0 Å².